The Hall–Kier alpha value is -3.22. The fraction of sp³-hybridized carbons (Fsp3) is 0.333. The Morgan fingerprint density at radius 2 is 1.86 bits per heavy atom. The molecule has 144 valence electrons. The Morgan fingerprint density at radius 3 is 2.64 bits per heavy atom. The van der Waals surface area contributed by atoms with Crippen LogP contribution in [0.3, 0.4) is 0 Å². The van der Waals surface area contributed by atoms with Crippen molar-refractivity contribution >= 4 is 11.6 Å². The van der Waals surface area contributed by atoms with Crippen molar-refractivity contribution in [1.29, 1.82) is 0 Å². The van der Waals surface area contributed by atoms with E-state index in [0.29, 0.717) is 30.4 Å². The van der Waals surface area contributed by atoms with Crippen molar-refractivity contribution in [1.82, 2.24) is 20.0 Å². The molecule has 1 fully saturated rings. The van der Waals surface area contributed by atoms with Gasteiger partial charge in [-0.15, -0.1) is 0 Å². The highest BCUT2D eigenvalue weighted by atomic mass is 16.5. The third kappa shape index (κ3) is 4.73. The summed E-state index contributed by atoms with van der Waals surface area (Å²) in [6.07, 6.45) is 6.02. The number of nitrogens with one attached hydrogen (secondary N) is 1. The lowest BCUT2D eigenvalue weighted by Crippen LogP contribution is -2.40. The molecule has 0 saturated carbocycles. The van der Waals surface area contributed by atoms with Crippen molar-refractivity contribution in [3.63, 3.8) is 0 Å². The van der Waals surface area contributed by atoms with E-state index in [-0.39, 0.29) is 0 Å². The van der Waals surface area contributed by atoms with Gasteiger partial charge in [-0.3, -0.25) is 9.98 Å². The molecule has 1 aromatic carbocycles. The summed E-state index contributed by atoms with van der Waals surface area (Å²) in [7, 11) is 0. The van der Waals surface area contributed by atoms with Crippen LogP contribution in [0.4, 0.5) is 5.69 Å². The molecule has 7 nitrogen and oxygen atoms in total. The second-order valence-electron chi connectivity index (χ2n) is 6.72. The van der Waals surface area contributed by atoms with Gasteiger partial charge < -0.3 is 14.7 Å². The molecule has 3 aromatic rings. The molecule has 3 heterocycles. The summed E-state index contributed by atoms with van der Waals surface area (Å²) in [6.45, 7) is 2.66. The number of anilines is 1. The number of guanidine groups is 1. The van der Waals surface area contributed by atoms with Crippen LogP contribution in [0.25, 0.3) is 11.6 Å². The number of hydrogen-bond acceptors (Lipinski definition) is 5. The van der Waals surface area contributed by atoms with E-state index in [2.05, 4.69) is 37.5 Å². The van der Waals surface area contributed by atoms with Gasteiger partial charge in [-0.1, -0.05) is 29.4 Å². The van der Waals surface area contributed by atoms with Gasteiger partial charge in [-0.25, -0.2) is 0 Å². The summed E-state index contributed by atoms with van der Waals surface area (Å²) in [6, 6.07) is 15.8. The van der Waals surface area contributed by atoms with E-state index < -0.39 is 0 Å². The number of rotatable bonds is 5. The Labute approximate surface area is 164 Å². The fourth-order valence-corrected chi connectivity index (χ4v) is 3.19. The van der Waals surface area contributed by atoms with Crippen LogP contribution >= 0.6 is 0 Å². The van der Waals surface area contributed by atoms with Crippen LogP contribution in [0.2, 0.25) is 0 Å². The van der Waals surface area contributed by atoms with E-state index in [1.54, 1.807) is 6.20 Å². The first-order valence-corrected chi connectivity index (χ1v) is 9.74. The number of hydrogen-bond donors (Lipinski definition) is 1. The van der Waals surface area contributed by atoms with Crippen molar-refractivity contribution in [2.24, 2.45) is 4.99 Å². The molecule has 0 radical (unpaired) electrons. The van der Waals surface area contributed by atoms with Crippen molar-refractivity contribution in [2.75, 3.05) is 25.0 Å². The number of pyridine rings is 1. The molecule has 0 unspecified atom stereocenters. The van der Waals surface area contributed by atoms with Gasteiger partial charge in [-0.2, -0.15) is 4.98 Å². The van der Waals surface area contributed by atoms with Gasteiger partial charge in [0.05, 0.1) is 0 Å². The number of nitrogens with zero attached hydrogens (tertiary/aromatic N) is 5. The second kappa shape index (κ2) is 9.12. The van der Waals surface area contributed by atoms with Crippen LogP contribution < -0.4 is 5.32 Å². The van der Waals surface area contributed by atoms with Crippen molar-refractivity contribution < 1.29 is 4.52 Å². The summed E-state index contributed by atoms with van der Waals surface area (Å²) in [5.74, 6) is 2.00. The van der Waals surface area contributed by atoms with Gasteiger partial charge >= 0.3 is 0 Å². The fourth-order valence-electron chi connectivity index (χ4n) is 3.19. The van der Waals surface area contributed by atoms with Crippen LogP contribution in [0.15, 0.2) is 64.2 Å². The van der Waals surface area contributed by atoms with Crippen LogP contribution in [-0.4, -0.2) is 45.6 Å². The largest absolute Gasteiger partial charge is 0.343 e. The highest BCUT2D eigenvalue weighted by Crippen LogP contribution is 2.14. The Kier molecular flexibility index (Phi) is 5.92. The second-order valence-corrected chi connectivity index (χ2v) is 6.72. The van der Waals surface area contributed by atoms with E-state index in [1.807, 2.05) is 36.4 Å². The Bertz CT molecular complexity index is 888. The van der Waals surface area contributed by atoms with Gasteiger partial charge in [0.25, 0.3) is 5.89 Å². The monoisotopic (exact) mass is 376 g/mol. The van der Waals surface area contributed by atoms with Gasteiger partial charge in [0.15, 0.2) is 11.8 Å². The minimum Gasteiger partial charge on any atom is -0.343 e. The minimum absolute atomic E-state index is 0.443. The molecule has 1 aliphatic heterocycles. The molecule has 0 bridgehead atoms. The maximum atomic E-state index is 5.32. The lowest BCUT2D eigenvalue weighted by Gasteiger charge is -2.30. The molecule has 0 atom stereocenters. The van der Waals surface area contributed by atoms with Gasteiger partial charge in [0, 0.05) is 37.9 Å². The third-order valence-electron chi connectivity index (χ3n) is 4.63. The van der Waals surface area contributed by atoms with Crippen LogP contribution in [0, 0.1) is 0 Å². The molecule has 0 aliphatic carbocycles. The average molecular weight is 376 g/mol. The molecule has 0 amide bonds. The molecule has 7 heteroatoms. The summed E-state index contributed by atoms with van der Waals surface area (Å²) in [4.78, 5) is 15.8. The molecular formula is C21H24N6O. The molecule has 2 aromatic heterocycles. The molecule has 28 heavy (non-hydrogen) atoms. The highest BCUT2D eigenvalue weighted by Gasteiger charge is 2.15. The number of likely N-dealkylation sites (tertiary alicyclic amines) is 1. The van der Waals surface area contributed by atoms with E-state index >= 15 is 0 Å². The van der Waals surface area contributed by atoms with E-state index in [9.17, 15) is 0 Å². The number of aromatic nitrogens is 3. The van der Waals surface area contributed by atoms with Crippen molar-refractivity contribution in [3.8, 4) is 11.6 Å². The van der Waals surface area contributed by atoms with E-state index in [4.69, 9.17) is 9.52 Å². The maximum Gasteiger partial charge on any atom is 0.276 e. The third-order valence-corrected chi connectivity index (χ3v) is 4.63. The smallest absolute Gasteiger partial charge is 0.276 e. The Balaban J connectivity index is 1.42. The van der Waals surface area contributed by atoms with Crippen LogP contribution in [0.5, 0.6) is 0 Å². The number of aliphatic imine (C=N–C) groups is 1. The number of piperidine rings is 1. The zero-order valence-electron chi connectivity index (χ0n) is 15.8. The summed E-state index contributed by atoms with van der Waals surface area (Å²) in [5, 5.41) is 7.52. The van der Waals surface area contributed by atoms with Crippen molar-refractivity contribution in [2.45, 2.75) is 25.7 Å². The quantitative estimate of drug-likeness (QED) is 0.541. The first kappa shape index (κ1) is 18.2. The molecule has 1 N–H and O–H groups in total. The lowest BCUT2D eigenvalue weighted by molar-refractivity contribution is 0.340. The first-order valence-electron chi connectivity index (χ1n) is 9.74. The normalized spacial score (nSPS) is 14.9. The van der Waals surface area contributed by atoms with Gasteiger partial charge in [0.2, 0.25) is 0 Å². The summed E-state index contributed by atoms with van der Waals surface area (Å²) in [5.41, 5.74) is 1.73. The summed E-state index contributed by atoms with van der Waals surface area (Å²) >= 11 is 0. The van der Waals surface area contributed by atoms with Gasteiger partial charge in [0.1, 0.15) is 5.69 Å². The first-order chi connectivity index (χ1) is 13.9. The summed E-state index contributed by atoms with van der Waals surface area (Å²) < 4.78 is 5.32. The predicted molar refractivity (Wildman–Crippen MR) is 109 cm³/mol. The molecule has 0 spiro atoms. The van der Waals surface area contributed by atoms with Gasteiger partial charge in [-0.05, 0) is 43.5 Å². The standard InChI is InChI=1S/C21H24N6O/c1-3-9-17(10-4-1)24-21(27-15-7-2-8-16-27)23-14-12-19-25-20(28-26-19)18-11-5-6-13-22-18/h1,3-6,9-11,13H,2,7-8,12,14-16H2,(H,23,24). The van der Waals surface area contributed by atoms with Crippen molar-refractivity contribution in [3.05, 3.63) is 60.6 Å². The predicted octanol–water partition coefficient (Wildman–Crippen LogP) is 3.63. The van der Waals surface area contributed by atoms with E-state index in [0.717, 1.165) is 24.7 Å². The number of benzene rings is 1. The lowest BCUT2D eigenvalue weighted by atomic mass is 10.1. The highest BCUT2D eigenvalue weighted by molar-refractivity contribution is 5.93. The minimum atomic E-state index is 0.443. The molecule has 4 rings (SSSR count). The maximum absolute atomic E-state index is 5.32. The SMILES string of the molecule is c1ccc(NC(=NCCc2noc(-c3ccccn3)n2)N2CCCCC2)cc1. The zero-order valence-corrected chi connectivity index (χ0v) is 15.8. The topological polar surface area (TPSA) is 79.4 Å². The molecule has 1 saturated heterocycles. The Morgan fingerprint density at radius 1 is 1.04 bits per heavy atom. The molecule has 1 aliphatic rings. The average Bonchev–Trinajstić information content (AvgIpc) is 3.24. The van der Waals surface area contributed by atoms with E-state index in [1.165, 1.54) is 19.3 Å². The number of para-hydroxylation sites is 1. The van der Waals surface area contributed by atoms with Crippen LogP contribution in [-0.2, 0) is 6.42 Å². The zero-order chi connectivity index (χ0) is 19.0. The molecular weight excluding hydrogens is 352 g/mol. The van der Waals surface area contributed by atoms with Crippen LogP contribution in [0.1, 0.15) is 25.1 Å².